The zero-order valence-electron chi connectivity index (χ0n) is 9.97. The van der Waals surface area contributed by atoms with Gasteiger partial charge < -0.3 is 14.6 Å². The summed E-state index contributed by atoms with van der Waals surface area (Å²) >= 11 is 0. The molecule has 5 heteroatoms. The van der Waals surface area contributed by atoms with E-state index in [1.807, 2.05) is 13.8 Å². The highest BCUT2D eigenvalue weighted by molar-refractivity contribution is 5.93. The number of ether oxygens (including phenoxy) is 1. The van der Waals surface area contributed by atoms with Crippen molar-refractivity contribution >= 4 is 5.91 Å². The van der Waals surface area contributed by atoms with E-state index in [2.05, 4.69) is 4.98 Å². The van der Waals surface area contributed by atoms with Gasteiger partial charge in [-0.25, -0.2) is 0 Å². The van der Waals surface area contributed by atoms with Crippen molar-refractivity contribution in [2.24, 2.45) is 0 Å². The summed E-state index contributed by atoms with van der Waals surface area (Å²) in [6.45, 7) is 5.07. The molecule has 1 N–H and O–H groups in total. The minimum Gasteiger partial charge on any atom is -0.372 e. The third-order valence-electron chi connectivity index (χ3n) is 2.74. The average Bonchev–Trinajstić information content (AvgIpc) is 2.28. The Bertz CT molecular complexity index is 439. The Balaban J connectivity index is 2.14. The number of hydrogen-bond donors (Lipinski definition) is 1. The summed E-state index contributed by atoms with van der Waals surface area (Å²) in [5, 5.41) is 0. The number of aromatic amines is 1. The van der Waals surface area contributed by atoms with E-state index in [1.54, 1.807) is 11.0 Å². The molecule has 0 radical (unpaired) electrons. The Morgan fingerprint density at radius 1 is 1.35 bits per heavy atom. The van der Waals surface area contributed by atoms with Crippen molar-refractivity contribution in [3.63, 3.8) is 0 Å². The minimum atomic E-state index is -0.203. The van der Waals surface area contributed by atoms with E-state index in [0.717, 1.165) is 0 Å². The lowest BCUT2D eigenvalue weighted by Crippen LogP contribution is -2.48. The monoisotopic (exact) mass is 236 g/mol. The lowest BCUT2D eigenvalue weighted by molar-refractivity contribution is -0.0586. The highest BCUT2D eigenvalue weighted by atomic mass is 16.5. The predicted molar refractivity (Wildman–Crippen MR) is 63.0 cm³/mol. The van der Waals surface area contributed by atoms with Gasteiger partial charge in [-0.05, 0) is 19.9 Å². The Morgan fingerprint density at radius 3 is 2.53 bits per heavy atom. The standard InChI is InChI=1S/C12H16N2O3/c1-8-6-14(7-9(2)17-8)12(16)10-3-4-11(15)13-5-10/h3-5,8-9H,6-7H2,1-2H3,(H,13,15)/t8-,9-/m0/s1. The van der Waals surface area contributed by atoms with Crippen LogP contribution in [0.2, 0.25) is 0 Å². The number of H-pyrrole nitrogens is 1. The average molecular weight is 236 g/mol. The number of carbonyl (C=O) groups is 1. The van der Waals surface area contributed by atoms with Crippen molar-refractivity contribution in [1.82, 2.24) is 9.88 Å². The molecule has 2 atom stereocenters. The zero-order valence-corrected chi connectivity index (χ0v) is 9.97. The van der Waals surface area contributed by atoms with E-state index < -0.39 is 0 Å². The second-order valence-electron chi connectivity index (χ2n) is 4.41. The highest BCUT2D eigenvalue weighted by Crippen LogP contribution is 2.13. The first-order chi connectivity index (χ1) is 8.06. The van der Waals surface area contributed by atoms with Crippen LogP contribution < -0.4 is 5.56 Å². The summed E-state index contributed by atoms with van der Waals surface area (Å²) < 4.78 is 5.57. The fourth-order valence-corrected chi connectivity index (χ4v) is 2.07. The van der Waals surface area contributed by atoms with Crippen LogP contribution in [-0.4, -0.2) is 41.1 Å². The van der Waals surface area contributed by atoms with E-state index >= 15 is 0 Å². The van der Waals surface area contributed by atoms with Crippen LogP contribution in [0, 0.1) is 0 Å². The summed E-state index contributed by atoms with van der Waals surface area (Å²) in [4.78, 5) is 27.3. The van der Waals surface area contributed by atoms with Gasteiger partial charge >= 0.3 is 0 Å². The van der Waals surface area contributed by atoms with Crippen LogP contribution in [0.1, 0.15) is 24.2 Å². The molecule has 1 amide bonds. The highest BCUT2D eigenvalue weighted by Gasteiger charge is 2.26. The van der Waals surface area contributed by atoms with Gasteiger partial charge in [-0.15, -0.1) is 0 Å². The molecule has 0 unspecified atom stereocenters. The third kappa shape index (κ3) is 2.74. The normalized spacial score (nSPS) is 24.7. The molecule has 92 valence electrons. The quantitative estimate of drug-likeness (QED) is 0.777. The second kappa shape index (κ2) is 4.71. The maximum Gasteiger partial charge on any atom is 0.255 e. The number of hydrogen-bond acceptors (Lipinski definition) is 3. The van der Waals surface area contributed by atoms with E-state index in [1.165, 1.54) is 12.3 Å². The predicted octanol–water partition coefficient (Wildman–Crippen LogP) is 0.624. The van der Waals surface area contributed by atoms with Gasteiger partial charge in [0.15, 0.2) is 0 Å². The molecule has 0 aromatic carbocycles. The maximum absolute atomic E-state index is 12.2. The van der Waals surface area contributed by atoms with Gasteiger partial charge in [0.05, 0.1) is 17.8 Å². The largest absolute Gasteiger partial charge is 0.372 e. The molecular weight excluding hydrogens is 220 g/mol. The van der Waals surface area contributed by atoms with Crippen LogP contribution in [0.3, 0.4) is 0 Å². The molecule has 1 aliphatic rings. The van der Waals surface area contributed by atoms with Gasteiger partial charge in [-0.2, -0.15) is 0 Å². The van der Waals surface area contributed by atoms with Gasteiger partial charge in [0.25, 0.3) is 5.91 Å². The smallest absolute Gasteiger partial charge is 0.255 e. The van der Waals surface area contributed by atoms with E-state index in [9.17, 15) is 9.59 Å². The topological polar surface area (TPSA) is 62.4 Å². The third-order valence-corrected chi connectivity index (χ3v) is 2.74. The fraction of sp³-hybridized carbons (Fsp3) is 0.500. The van der Waals surface area contributed by atoms with E-state index in [-0.39, 0.29) is 23.7 Å². The molecule has 0 saturated carbocycles. The molecule has 2 rings (SSSR count). The van der Waals surface area contributed by atoms with Gasteiger partial charge in [-0.3, -0.25) is 9.59 Å². The van der Waals surface area contributed by atoms with Crippen LogP contribution in [0.4, 0.5) is 0 Å². The first-order valence-electron chi connectivity index (χ1n) is 5.69. The molecule has 1 saturated heterocycles. The molecule has 0 bridgehead atoms. The number of rotatable bonds is 1. The lowest BCUT2D eigenvalue weighted by Gasteiger charge is -2.35. The minimum absolute atomic E-state index is 0.0467. The molecule has 1 fully saturated rings. The fourth-order valence-electron chi connectivity index (χ4n) is 2.07. The number of carbonyl (C=O) groups excluding carboxylic acids is 1. The molecule has 1 aliphatic heterocycles. The molecule has 5 nitrogen and oxygen atoms in total. The van der Waals surface area contributed by atoms with Gasteiger partial charge in [0, 0.05) is 25.4 Å². The lowest BCUT2D eigenvalue weighted by atomic mass is 10.2. The molecule has 0 spiro atoms. The summed E-state index contributed by atoms with van der Waals surface area (Å²) in [6.07, 6.45) is 1.55. The summed E-state index contributed by atoms with van der Waals surface area (Å²) in [5.74, 6) is -0.0664. The van der Waals surface area contributed by atoms with Gasteiger partial charge in [0.2, 0.25) is 5.56 Å². The van der Waals surface area contributed by atoms with Crippen molar-refractivity contribution in [2.45, 2.75) is 26.1 Å². The van der Waals surface area contributed by atoms with Gasteiger partial charge in [-0.1, -0.05) is 0 Å². The summed E-state index contributed by atoms with van der Waals surface area (Å²) in [7, 11) is 0. The molecule has 2 heterocycles. The number of nitrogens with zero attached hydrogens (tertiary/aromatic N) is 1. The number of amides is 1. The van der Waals surface area contributed by atoms with Crippen LogP contribution >= 0.6 is 0 Å². The maximum atomic E-state index is 12.2. The van der Waals surface area contributed by atoms with Crippen molar-refractivity contribution in [2.75, 3.05) is 13.1 Å². The first-order valence-corrected chi connectivity index (χ1v) is 5.69. The molecular formula is C12H16N2O3. The molecule has 1 aromatic heterocycles. The van der Waals surface area contributed by atoms with Crippen molar-refractivity contribution in [3.05, 3.63) is 34.2 Å². The van der Waals surface area contributed by atoms with Crippen LogP contribution in [0.15, 0.2) is 23.1 Å². The SMILES string of the molecule is C[C@H]1CN(C(=O)c2ccc(=O)[nH]c2)C[C@H](C)O1. The zero-order chi connectivity index (χ0) is 12.4. The Labute approximate surface area is 99.4 Å². The summed E-state index contributed by atoms with van der Waals surface area (Å²) in [6, 6.07) is 2.91. The summed E-state index contributed by atoms with van der Waals surface area (Å²) in [5.41, 5.74) is 0.302. The van der Waals surface area contributed by atoms with Crippen LogP contribution in [-0.2, 0) is 4.74 Å². The Hall–Kier alpha value is -1.62. The van der Waals surface area contributed by atoms with Crippen LogP contribution in [0.25, 0.3) is 0 Å². The number of nitrogens with one attached hydrogen (secondary N) is 1. The molecule has 1 aromatic rings. The first kappa shape index (κ1) is 11.9. The number of pyridine rings is 1. The van der Waals surface area contributed by atoms with Crippen LogP contribution in [0.5, 0.6) is 0 Å². The van der Waals surface area contributed by atoms with E-state index in [0.29, 0.717) is 18.7 Å². The van der Waals surface area contributed by atoms with E-state index in [4.69, 9.17) is 4.74 Å². The number of morpholine rings is 1. The molecule has 17 heavy (non-hydrogen) atoms. The number of aromatic nitrogens is 1. The van der Waals surface area contributed by atoms with Crippen molar-refractivity contribution in [1.29, 1.82) is 0 Å². The Kier molecular flexibility index (Phi) is 3.28. The molecule has 0 aliphatic carbocycles. The van der Waals surface area contributed by atoms with Crippen molar-refractivity contribution < 1.29 is 9.53 Å². The Morgan fingerprint density at radius 2 is 2.00 bits per heavy atom. The van der Waals surface area contributed by atoms with Gasteiger partial charge in [0.1, 0.15) is 0 Å². The van der Waals surface area contributed by atoms with Crippen molar-refractivity contribution in [3.8, 4) is 0 Å². The second-order valence-corrected chi connectivity index (χ2v) is 4.41.